The zero-order chi connectivity index (χ0) is 66.4. The molecule has 0 aromatic heterocycles. The second-order valence-electron chi connectivity index (χ2n) is 29.9. The van der Waals surface area contributed by atoms with E-state index in [2.05, 4.69) is 155 Å². The van der Waals surface area contributed by atoms with E-state index in [1.54, 1.807) is 26.8 Å². The van der Waals surface area contributed by atoms with E-state index < -0.39 is 28.7 Å². The summed E-state index contributed by atoms with van der Waals surface area (Å²) in [6.45, 7) is 43.3. The van der Waals surface area contributed by atoms with Gasteiger partial charge in [-0.3, -0.25) is 0 Å². The molecular formula is C77H102O12. The Balaban J connectivity index is 1.59. The molecule has 0 fully saturated rings. The van der Waals surface area contributed by atoms with Crippen LogP contribution in [0, 0.1) is 0 Å². The lowest BCUT2D eigenvalue weighted by Gasteiger charge is -2.27. The Morgan fingerprint density at radius 1 is 0.315 bits per heavy atom. The molecule has 6 rings (SSSR count). The van der Waals surface area contributed by atoms with E-state index in [4.69, 9.17) is 28.4 Å². The van der Waals surface area contributed by atoms with Crippen molar-refractivity contribution in [1.29, 1.82) is 0 Å². The lowest BCUT2D eigenvalue weighted by Crippen LogP contribution is -2.19. The highest BCUT2D eigenvalue weighted by Crippen LogP contribution is 2.44. The minimum Gasteiger partial charge on any atom is -0.508 e. The molecule has 0 saturated carbocycles. The van der Waals surface area contributed by atoms with Crippen LogP contribution in [0.2, 0.25) is 0 Å². The van der Waals surface area contributed by atoms with Crippen LogP contribution in [0.4, 0.5) is 0 Å². The number of benzene rings is 6. The second kappa shape index (κ2) is 28.1. The maximum absolute atomic E-state index is 13.4. The predicted octanol–water partition coefficient (Wildman–Crippen LogP) is 16.4. The third kappa shape index (κ3) is 18.8. The van der Waals surface area contributed by atoms with Gasteiger partial charge >= 0.3 is 17.9 Å². The fourth-order valence-corrected chi connectivity index (χ4v) is 10.7. The summed E-state index contributed by atoms with van der Waals surface area (Å²) in [5.41, 5.74) is 11.2. The standard InChI is InChI=1S/C77H102O12/c1-22-84-65(79)44-87-64-28-26-58(73(7,8)9)35-48(64)30-49-36-59(74(10,11)12)37-50(68(49)82)31-55-42-62(77(19,20)21)43-56(71(55)89-46-67(81)86-24-3)33-52-39-60(75(13,14)15)38-51(69(52)83)32-54-41-61(76(16,17)18)40-53(70(54)88-45-66(80)85-23-2)29-47-34-57(72(4,5)6)25-27-63(47)78/h25-28,34-43,78,82-83H,22-24,29-33,44-46H2,1-21H3. The average Bonchev–Trinajstić information content (AvgIpc) is 1.14. The van der Waals surface area contributed by atoms with Crippen LogP contribution in [0.15, 0.2) is 84.9 Å². The highest BCUT2D eigenvalue weighted by atomic mass is 16.6. The van der Waals surface area contributed by atoms with Crippen LogP contribution < -0.4 is 14.2 Å². The Morgan fingerprint density at radius 3 is 0.865 bits per heavy atom. The zero-order valence-corrected chi connectivity index (χ0v) is 57.4. The summed E-state index contributed by atoms with van der Waals surface area (Å²) in [4.78, 5) is 39.1. The summed E-state index contributed by atoms with van der Waals surface area (Å²) in [7, 11) is 0. The molecule has 0 aliphatic heterocycles. The summed E-state index contributed by atoms with van der Waals surface area (Å²) in [6, 6.07) is 28.2. The second-order valence-corrected chi connectivity index (χ2v) is 29.9. The third-order valence-electron chi connectivity index (χ3n) is 16.2. The van der Waals surface area contributed by atoms with Crippen LogP contribution in [-0.2, 0) is 93.2 Å². The van der Waals surface area contributed by atoms with Gasteiger partial charge in [0.15, 0.2) is 19.8 Å². The van der Waals surface area contributed by atoms with Crippen molar-refractivity contribution in [3.8, 4) is 34.5 Å². The van der Waals surface area contributed by atoms with Gasteiger partial charge in [0.2, 0.25) is 0 Å². The van der Waals surface area contributed by atoms with Gasteiger partial charge in [0, 0.05) is 32.1 Å². The fraction of sp³-hybridized carbons (Fsp3) is 0.494. The van der Waals surface area contributed by atoms with Gasteiger partial charge in [-0.05, 0) is 154 Å². The lowest BCUT2D eigenvalue weighted by atomic mass is 9.80. The Labute approximate surface area is 531 Å². The van der Waals surface area contributed by atoms with Gasteiger partial charge < -0.3 is 43.7 Å². The highest BCUT2D eigenvalue weighted by Gasteiger charge is 2.30. The third-order valence-corrected chi connectivity index (χ3v) is 16.2. The normalized spacial score (nSPS) is 12.4. The van der Waals surface area contributed by atoms with Gasteiger partial charge in [-0.1, -0.05) is 197 Å². The number of esters is 3. The van der Waals surface area contributed by atoms with E-state index in [0.29, 0.717) is 57.1 Å². The fourth-order valence-electron chi connectivity index (χ4n) is 10.7. The van der Waals surface area contributed by atoms with E-state index in [1.807, 2.05) is 48.5 Å². The first-order valence-corrected chi connectivity index (χ1v) is 31.6. The molecule has 0 amide bonds. The van der Waals surface area contributed by atoms with Gasteiger partial charge in [-0.25, -0.2) is 14.4 Å². The number of carbonyl (C=O) groups excluding carboxylic acids is 3. The first-order chi connectivity index (χ1) is 41.2. The quantitative estimate of drug-likeness (QED) is 0.0435. The molecule has 6 aromatic rings. The molecule has 89 heavy (non-hydrogen) atoms. The lowest BCUT2D eigenvalue weighted by molar-refractivity contribution is -0.146. The first kappa shape index (κ1) is 70.6. The van der Waals surface area contributed by atoms with E-state index in [0.717, 1.165) is 55.6 Å². The maximum atomic E-state index is 13.4. The number of phenols is 3. The van der Waals surface area contributed by atoms with Crippen molar-refractivity contribution in [1.82, 2.24) is 0 Å². The van der Waals surface area contributed by atoms with Crippen LogP contribution in [0.1, 0.15) is 234 Å². The molecule has 0 saturated heterocycles. The Bertz CT molecular complexity index is 3500. The minimum atomic E-state index is -0.544. The molecule has 0 aliphatic carbocycles. The molecule has 0 bridgehead atoms. The van der Waals surface area contributed by atoms with Crippen LogP contribution in [0.5, 0.6) is 34.5 Å². The number of hydrogen-bond acceptors (Lipinski definition) is 12. The van der Waals surface area contributed by atoms with E-state index >= 15 is 0 Å². The van der Waals surface area contributed by atoms with Gasteiger partial charge in [0.05, 0.1) is 19.8 Å². The van der Waals surface area contributed by atoms with E-state index in [1.165, 1.54) is 0 Å². The van der Waals surface area contributed by atoms with E-state index in [9.17, 15) is 29.7 Å². The predicted molar refractivity (Wildman–Crippen MR) is 356 cm³/mol. The molecule has 0 spiro atoms. The summed E-state index contributed by atoms with van der Waals surface area (Å²) in [6.07, 6.45) is 1.16. The summed E-state index contributed by atoms with van der Waals surface area (Å²) in [5, 5.41) is 37.1. The molecule has 0 radical (unpaired) electrons. The van der Waals surface area contributed by atoms with Gasteiger partial charge in [0.25, 0.3) is 0 Å². The van der Waals surface area contributed by atoms with Crippen molar-refractivity contribution < 1.29 is 58.1 Å². The molecule has 12 heteroatoms. The van der Waals surface area contributed by atoms with E-state index in [-0.39, 0.29) is 104 Å². The van der Waals surface area contributed by atoms with Crippen LogP contribution in [0.3, 0.4) is 0 Å². The Kier molecular flexibility index (Phi) is 22.3. The van der Waals surface area contributed by atoms with Gasteiger partial charge in [0.1, 0.15) is 34.5 Å². The van der Waals surface area contributed by atoms with Crippen molar-refractivity contribution in [3.05, 3.63) is 174 Å². The average molecular weight is 1220 g/mol. The van der Waals surface area contributed by atoms with Crippen LogP contribution in [-0.4, -0.2) is 72.9 Å². The topological polar surface area (TPSA) is 167 Å². The molecule has 0 unspecified atom stereocenters. The highest BCUT2D eigenvalue weighted by molar-refractivity contribution is 5.72. The SMILES string of the molecule is CCOC(=O)COc1ccc(C(C)(C)C)cc1Cc1cc(C(C)(C)C)cc(Cc2cc(C(C)(C)C)cc(Cc3cc(C(C)(C)C)cc(Cc4cc(C(C)(C)C)cc(Cc5cc(C(C)(C)C)ccc5O)c4OCC(=O)OCC)c3O)c2OCC(=O)OCC)c1O. The molecule has 3 N–H and O–H groups in total. The minimum absolute atomic E-state index is 0.0629. The molecule has 0 atom stereocenters. The van der Waals surface area contributed by atoms with Crippen LogP contribution >= 0.6 is 0 Å². The van der Waals surface area contributed by atoms with Crippen molar-refractivity contribution in [2.45, 2.75) is 210 Å². The van der Waals surface area contributed by atoms with Gasteiger partial charge in [-0.15, -0.1) is 0 Å². The molecule has 482 valence electrons. The van der Waals surface area contributed by atoms with Crippen molar-refractivity contribution in [2.24, 2.45) is 0 Å². The Morgan fingerprint density at radius 2 is 0.562 bits per heavy atom. The van der Waals surface area contributed by atoms with Crippen LogP contribution in [0.25, 0.3) is 0 Å². The number of carbonyl (C=O) groups is 3. The summed E-state index contributed by atoms with van der Waals surface area (Å²) in [5.74, 6) is 0.167. The monoisotopic (exact) mass is 1220 g/mol. The molecule has 6 aromatic carbocycles. The molecular weight excluding hydrogens is 1120 g/mol. The number of rotatable bonds is 22. The summed E-state index contributed by atoms with van der Waals surface area (Å²) >= 11 is 0. The largest absolute Gasteiger partial charge is 0.508 e. The molecule has 12 nitrogen and oxygen atoms in total. The number of hydrogen-bond donors (Lipinski definition) is 3. The number of aromatic hydroxyl groups is 3. The molecule has 0 heterocycles. The maximum Gasteiger partial charge on any atom is 0.344 e. The summed E-state index contributed by atoms with van der Waals surface area (Å²) < 4.78 is 35.4. The first-order valence-electron chi connectivity index (χ1n) is 31.6. The Hall–Kier alpha value is -7.47. The zero-order valence-electron chi connectivity index (χ0n) is 57.4. The van der Waals surface area contributed by atoms with Crippen molar-refractivity contribution in [3.63, 3.8) is 0 Å². The number of ether oxygens (including phenoxy) is 6. The van der Waals surface area contributed by atoms with Crippen molar-refractivity contribution >= 4 is 17.9 Å². The smallest absolute Gasteiger partial charge is 0.344 e. The molecule has 0 aliphatic rings. The van der Waals surface area contributed by atoms with Crippen molar-refractivity contribution in [2.75, 3.05) is 39.6 Å². The van der Waals surface area contributed by atoms with Gasteiger partial charge in [-0.2, -0.15) is 0 Å². The number of phenolic OH excluding ortho intramolecular Hbond substituents is 3.